The fourth-order valence-corrected chi connectivity index (χ4v) is 5.65. The normalized spacial score (nSPS) is 11.2. The second-order valence-electron chi connectivity index (χ2n) is 8.11. The van der Waals surface area contributed by atoms with E-state index in [9.17, 15) is 18.0 Å². The minimum absolute atomic E-state index is 0.0322. The van der Waals surface area contributed by atoms with Crippen molar-refractivity contribution in [3.8, 4) is 0 Å². The molecule has 3 N–H and O–H groups in total. The maximum absolute atomic E-state index is 13.1. The number of benzene rings is 3. The summed E-state index contributed by atoms with van der Waals surface area (Å²) in [5.74, 6) is -0.462. The largest absolute Gasteiger partial charge is 0.375 e. The second kappa shape index (κ2) is 11.6. The van der Waals surface area contributed by atoms with Crippen molar-refractivity contribution in [3.05, 3.63) is 82.3 Å². The van der Waals surface area contributed by atoms with Crippen LogP contribution in [0.3, 0.4) is 0 Å². The molecule has 0 saturated carbocycles. The Morgan fingerprint density at radius 1 is 0.886 bits per heavy atom. The van der Waals surface area contributed by atoms with Crippen LogP contribution >= 0.6 is 23.2 Å². The van der Waals surface area contributed by atoms with Gasteiger partial charge in [-0.2, -0.15) is 0 Å². The minimum Gasteiger partial charge on any atom is -0.375 e. The Hall–Kier alpha value is -3.07. The molecule has 0 aliphatic heterocycles. The highest BCUT2D eigenvalue weighted by Crippen LogP contribution is 2.38. The van der Waals surface area contributed by atoms with Crippen LogP contribution in [-0.2, 0) is 14.6 Å². The highest BCUT2D eigenvalue weighted by molar-refractivity contribution is 7.91. The van der Waals surface area contributed by atoms with Crippen molar-refractivity contribution >= 4 is 56.2 Å². The maximum Gasteiger partial charge on any atom is 0.253 e. The minimum atomic E-state index is -3.99. The van der Waals surface area contributed by atoms with Gasteiger partial charge in [0.25, 0.3) is 5.91 Å². The average Bonchev–Trinajstić information content (AvgIpc) is 2.83. The number of halogens is 2. The van der Waals surface area contributed by atoms with E-state index in [0.717, 1.165) is 0 Å². The molecule has 10 heteroatoms. The van der Waals surface area contributed by atoms with Crippen LogP contribution in [0.15, 0.2) is 76.5 Å². The zero-order valence-electron chi connectivity index (χ0n) is 19.1. The molecule has 2 amide bonds. The molecular weight excluding hydrogens is 509 g/mol. The molecule has 0 heterocycles. The van der Waals surface area contributed by atoms with Crippen LogP contribution in [0.4, 0.5) is 11.4 Å². The van der Waals surface area contributed by atoms with Gasteiger partial charge in [-0.3, -0.25) is 9.59 Å². The van der Waals surface area contributed by atoms with Crippen LogP contribution < -0.4 is 16.0 Å². The molecule has 0 aliphatic carbocycles. The standard InChI is InChI=1S/C25H25Cl2N3O4S/c1-16(2)14-29-25(32)18-10-6-7-11-20(18)30-22(31)15-28-21-13-12-19(26)24(23(21)27)35(33,34)17-8-4-3-5-9-17/h3-13,16,28H,14-15H2,1-2H3,(H,29,32)(H,30,31). The van der Waals surface area contributed by atoms with Crippen LogP contribution in [-0.4, -0.2) is 33.3 Å². The summed E-state index contributed by atoms with van der Waals surface area (Å²) in [6, 6.07) is 17.4. The van der Waals surface area contributed by atoms with E-state index < -0.39 is 15.7 Å². The zero-order valence-corrected chi connectivity index (χ0v) is 21.5. The van der Waals surface area contributed by atoms with Crippen LogP contribution in [0, 0.1) is 5.92 Å². The SMILES string of the molecule is CC(C)CNC(=O)c1ccccc1NC(=O)CNc1ccc(Cl)c(S(=O)(=O)c2ccccc2)c1Cl. The second-order valence-corrected chi connectivity index (χ2v) is 10.8. The number of anilines is 2. The monoisotopic (exact) mass is 533 g/mol. The molecule has 35 heavy (non-hydrogen) atoms. The molecule has 184 valence electrons. The number of carbonyl (C=O) groups excluding carboxylic acids is 2. The van der Waals surface area contributed by atoms with Gasteiger partial charge in [0.15, 0.2) is 0 Å². The number of carbonyl (C=O) groups is 2. The lowest BCUT2D eigenvalue weighted by Gasteiger charge is -2.15. The first-order chi connectivity index (χ1) is 16.6. The fourth-order valence-electron chi connectivity index (χ4n) is 3.18. The molecular formula is C25H25Cl2N3O4S. The summed E-state index contributed by atoms with van der Waals surface area (Å²) < 4.78 is 26.2. The zero-order chi connectivity index (χ0) is 25.6. The summed E-state index contributed by atoms with van der Waals surface area (Å²) in [4.78, 5) is 24.9. The van der Waals surface area contributed by atoms with Crippen molar-refractivity contribution in [2.45, 2.75) is 23.6 Å². The van der Waals surface area contributed by atoms with Gasteiger partial charge in [0.2, 0.25) is 15.7 Å². The predicted molar refractivity (Wildman–Crippen MR) is 139 cm³/mol. The third kappa shape index (κ3) is 6.54. The molecule has 0 aliphatic rings. The molecule has 0 spiro atoms. The van der Waals surface area contributed by atoms with Crippen molar-refractivity contribution in [1.82, 2.24) is 5.32 Å². The first-order valence-corrected chi connectivity index (χ1v) is 13.0. The Kier molecular flexibility index (Phi) is 8.77. The van der Waals surface area contributed by atoms with E-state index >= 15 is 0 Å². The Morgan fingerprint density at radius 3 is 2.23 bits per heavy atom. The Morgan fingerprint density at radius 2 is 1.54 bits per heavy atom. The third-order valence-corrected chi connectivity index (χ3v) is 7.71. The summed E-state index contributed by atoms with van der Waals surface area (Å²) in [6.07, 6.45) is 0. The molecule has 0 saturated heterocycles. The molecule has 0 atom stereocenters. The summed E-state index contributed by atoms with van der Waals surface area (Å²) in [7, 11) is -3.99. The molecule has 0 fully saturated rings. The number of sulfone groups is 1. The van der Waals surface area contributed by atoms with Gasteiger partial charge in [0.05, 0.1) is 38.4 Å². The average molecular weight is 534 g/mol. The topological polar surface area (TPSA) is 104 Å². The molecule has 0 unspecified atom stereocenters. The van der Waals surface area contributed by atoms with E-state index in [1.807, 2.05) is 13.8 Å². The smallest absolute Gasteiger partial charge is 0.253 e. The quantitative estimate of drug-likeness (QED) is 0.347. The van der Waals surface area contributed by atoms with Gasteiger partial charge < -0.3 is 16.0 Å². The number of hydrogen-bond acceptors (Lipinski definition) is 5. The summed E-state index contributed by atoms with van der Waals surface area (Å²) in [5, 5.41) is 8.22. The van der Waals surface area contributed by atoms with Crippen molar-refractivity contribution in [2.24, 2.45) is 5.92 Å². The number of hydrogen-bond donors (Lipinski definition) is 3. The van der Waals surface area contributed by atoms with E-state index in [2.05, 4.69) is 16.0 Å². The molecule has 3 aromatic rings. The van der Waals surface area contributed by atoms with Gasteiger partial charge >= 0.3 is 0 Å². The first kappa shape index (κ1) is 26.5. The molecule has 3 aromatic carbocycles. The van der Waals surface area contributed by atoms with Gasteiger partial charge in [-0.05, 0) is 42.3 Å². The predicted octanol–water partition coefficient (Wildman–Crippen LogP) is 5.26. The maximum atomic E-state index is 13.1. The lowest BCUT2D eigenvalue weighted by Crippen LogP contribution is -2.29. The van der Waals surface area contributed by atoms with E-state index in [-0.39, 0.29) is 43.9 Å². The Labute approximate surface area is 214 Å². The summed E-state index contributed by atoms with van der Waals surface area (Å²) in [5.41, 5.74) is 0.918. The van der Waals surface area contributed by atoms with Crippen LogP contribution in [0.5, 0.6) is 0 Å². The molecule has 0 radical (unpaired) electrons. The number of amides is 2. The van der Waals surface area contributed by atoms with Gasteiger partial charge in [0.1, 0.15) is 4.90 Å². The van der Waals surface area contributed by atoms with Crippen molar-refractivity contribution in [1.29, 1.82) is 0 Å². The molecule has 0 bridgehead atoms. The van der Waals surface area contributed by atoms with Crippen LogP contribution in [0.25, 0.3) is 0 Å². The van der Waals surface area contributed by atoms with E-state index in [1.54, 1.807) is 42.5 Å². The number of nitrogens with one attached hydrogen (secondary N) is 3. The van der Waals surface area contributed by atoms with Crippen molar-refractivity contribution in [2.75, 3.05) is 23.7 Å². The van der Waals surface area contributed by atoms with Gasteiger partial charge in [-0.15, -0.1) is 0 Å². The van der Waals surface area contributed by atoms with Crippen molar-refractivity contribution < 1.29 is 18.0 Å². The molecule has 7 nitrogen and oxygen atoms in total. The Balaban J connectivity index is 1.76. The van der Waals surface area contributed by atoms with E-state index in [4.69, 9.17) is 23.2 Å². The van der Waals surface area contributed by atoms with E-state index in [0.29, 0.717) is 17.8 Å². The lowest BCUT2D eigenvalue weighted by atomic mass is 10.1. The highest BCUT2D eigenvalue weighted by Gasteiger charge is 2.26. The van der Waals surface area contributed by atoms with E-state index in [1.165, 1.54) is 24.3 Å². The summed E-state index contributed by atoms with van der Waals surface area (Å²) >= 11 is 12.6. The lowest BCUT2D eigenvalue weighted by molar-refractivity contribution is -0.114. The molecule has 0 aromatic heterocycles. The fraction of sp³-hybridized carbons (Fsp3) is 0.200. The Bertz CT molecular complexity index is 1330. The van der Waals surface area contributed by atoms with Crippen LogP contribution in [0.1, 0.15) is 24.2 Å². The summed E-state index contributed by atoms with van der Waals surface area (Å²) in [6.45, 7) is 4.25. The van der Waals surface area contributed by atoms with Gasteiger partial charge in [-0.25, -0.2) is 8.42 Å². The molecule has 3 rings (SSSR count). The number of para-hydroxylation sites is 1. The third-order valence-electron chi connectivity index (χ3n) is 4.93. The van der Waals surface area contributed by atoms with Gasteiger partial charge in [0, 0.05) is 6.54 Å². The van der Waals surface area contributed by atoms with Gasteiger partial charge in [-0.1, -0.05) is 67.4 Å². The highest BCUT2D eigenvalue weighted by atomic mass is 35.5. The van der Waals surface area contributed by atoms with Crippen molar-refractivity contribution in [3.63, 3.8) is 0 Å². The number of rotatable bonds is 9. The van der Waals surface area contributed by atoms with Crippen LogP contribution in [0.2, 0.25) is 10.0 Å². The first-order valence-electron chi connectivity index (χ1n) is 10.8.